The first kappa shape index (κ1) is 53.2. The van der Waals surface area contributed by atoms with Crippen molar-refractivity contribution in [2.24, 2.45) is 29.6 Å². The maximum atomic E-state index is 14.6. The van der Waals surface area contributed by atoms with E-state index in [0.717, 1.165) is 28.6 Å². The molecule has 2 bridgehead atoms. The average Bonchev–Trinajstić information content (AvgIpc) is 3.73. The summed E-state index contributed by atoms with van der Waals surface area (Å²) in [5.41, 5.74) is 2.78. The summed E-state index contributed by atoms with van der Waals surface area (Å²) in [4.78, 5) is 58.6. The number of fused-ring (bicyclic) bond motifs is 4. The normalized spacial score (nSPS) is 36.3. The number of Topliss-reactive ketones (excluding diaryl/α,β-unsaturated/α-hetero) is 2. The van der Waals surface area contributed by atoms with Gasteiger partial charge in [0.2, 0.25) is 5.79 Å². The van der Waals surface area contributed by atoms with Crippen LogP contribution in [0.25, 0.3) is 10.9 Å². The third-order valence-corrected chi connectivity index (χ3v) is 15.2. The third kappa shape index (κ3) is 12.0. The summed E-state index contributed by atoms with van der Waals surface area (Å²) >= 11 is 0. The van der Waals surface area contributed by atoms with E-state index in [0.29, 0.717) is 57.1 Å². The van der Waals surface area contributed by atoms with Gasteiger partial charge < -0.3 is 48.1 Å². The maximum Gasteiger partial charge on any atom is 0.329 e. The Morgan fingerprint density at radius 2 is 1.65 bits per heavy atom. The first-order valence-corrected chi connectivity index (χ1v) is 24.9. The van der Waals surface area contributed by atoms with Gasteiger partial charge in [0.25, 0.3) is 11.7 Å². The van der Waals surface area contributed by atoms with Crippen molar-refractivity contribution in [3.63, 3.8) is 0 Å². The number of hydrogen-bond donors (Lipinski definition) is 2. The largest absolute Gasteiger partial charge is 0.488 e. The van der Waals surface area contributed by atoms with Gasteiger partial charge in [-0.3, -0.25) is 14.4 Å². The Kier molecular flexibility index (Phi) is 18.5. The molecular weight excluding hydrogens is 869 g/mol. The van der Waals surface area contributed by atoms with E-state index in [4.69, 9.17) is 28.4 Å². The summed E-state index contributed by atoms with van der Waals surface area (Å²) in [6.07, 6.45) is 8.45. The lowest BCUT2D eigenvalue weighted by Crippen LogP contribution is -2.64. The smallest absolute Gasteiger partial charge is 0.329 e. The van der Waals surface area contributed by atoms with Gasteiger partial charge in [0.15, 0.2) is 0 Å². The maximum absolute atomic E-state index is 14.6. The zero-order valence-corrected chi connectivity index (χ0v) is 41.9. The fourth-order valence-corrected chi connectivity index (χ4v) is 11.2. The van der Waals surface area contributed by atoms with Crippen LogP contribution in [0.15, 0.2) is 66.4 Å². The van der Waals surface area contributed by atoms with Gasteiger partial charge in [0, 0.05) is 75.7 Å². The van der Waals surface area contributed by atoms with Gasteiger partial charge >= 0.3 is 5.97 Å². The molecule has 1 aromatic carbocycles. The Balaban J connectivity index is 1.29. The molecule has 376 valence electrons. The van der Waals surface area contributed by atoms with Gasteiger partial charge in [-0.15, -0.1) is 6.58 Å². The van der Waals surface area contributed by atoms with Gasteiger partial charge in [0.05, 0.1) is 24.4 Å². The summed E-state index contributed by atoms with van der Waals surface area (Å²) in [7, 11) is 4.76. The molecule has 1 saturated carbocycles. The molecule has 14 unspecified atom stereocenters. The summed E-state index contributed by atoms with van der Waals surface area (Å²) < 4.78 is 39.2. The quantitative estimate of drug-likeness (QED) is 0.135. The van der Waals surface area contributed by atoms with E-state index in [2.05, 4.69) is 36.3 Å². The predicted molar refractivity (Wildman–Crippen MR) is 259 cm³/mol. The number of ether oxygens (including phenoxy) is 6. The highest BCUT2D eigenvalue weighted by atomic mass is 16.7. The van der Waals surface area contributed by atoms with Crippen LogP contribution in [-0.4, -0.2) is 126 Å². The molecule has 0 radical (unpaired) electrons. The zero-order chi connectivity index (χ0) is 49.4. The van der Waals surface area contributed by atoms with Crippen LogP contribution in [0, 0.1) is 29.6 Å². The van der Waals surface area contributed by atoms with E-state index in [1.807, 2.05) is 51.3 Å². The number of esters is 1. The number of nitrogens with zero attached hydrogens (tertiary/aromatic N) is 2. The lowest BCUT2D eigenvalue weighted by Gasteiger charge is -2.47. The number of amides is 1. The number of aliphatic hydroxyl groups is 2. The van der Waals surface area contributed by atoms with Crippen LogP contribution in [0.3, 0.4) is 0 Å². The number of rotatable bonds is 10. The van der Waals surface area contributed by atoms with E-state index >= 15 is 0 Å². The van der Waals surface area contributed by atoms with Crippen LogP contribution in [0.2, 0.25) is 0 Å². The number of aliphatic hydroxyl groups excluding tert-OH is 1. The Hall–Kier alpha value is -4.18. The predicted octanol–water partition coefficient (Wildman–Crippen LogP) is 7.70. The van der Waals surface area contributed by atoms with Crippen molar-refractivity contribution >= 4 is 34.3 Å². The monoisotopic (exact) mass is 947 g/mol. The minimum absolute atomic E-state index is 0.00727. The fourth-order valence-electron chi connectivity index (χ4n) is 11.2. The van der Waals surface area contributed by atoms with Crippen molar-refractivity contribution in [1.29, 1.82) is 0 Å². The van der Waals surface area contributed by atoms with E-state index in [9.17, 15) is 29.4 Å². The molecule has 2 saturated heterocycles. The molecule has 4 aliphatic rings. The highest BCUT2D eigenvalue weighted by Crippen LogP contribution is 2.40. The minimum Gasteiger partial charge on any atom is -0.488 e. The van der Waals surface area contributed by atoms with E-state index in [1.54, 1.807) is 21.0 Å². The molecule has 68 heavy (non-hydrogen) atoms. The standard InChI is InChI=1S/C54H78N2O12/c1-11-21-55-23-20-39-30-40(17-18-41(39)55)66-45-19-16-37(29-46(45)63-8)27-34(5)49-36(7)43(57)31-44(58)38(12-2)25-32(3)24-33(4)26-47(64-9)50-48(65-10)28-35(6)54(62,68-50)51(59)52(60)56-22-14-13-15-42(56)53(61)67-49/h11,17-18,20,23,25,27,30,33,35-38,42-43,45-50,57,62H,1,12-16,19,21-22,24,26,28-29,31H2,2-10H3/b32-25+,34-27?. The number of hydrogen-bond acceptors (Lipinski definition) is 12. The van der Waals surface area contributed by atoms with Crippen LogP contribution in [0.4, 0.5) is 0 Å². The molecule has 2 aromatic rings. The molecule has 1 aromatic heterocycles. The Morgan fingerprint density at radius 1 is 0.926 bits per heavy atom. The van der Waals surface area contributed by atoms with Crippen LogP contribution >= 0.6 is 0 Å². The lowest BCUT2D eigenvalue weighted by molar-refractivity contribution is -0.302. The molecule has 6 rings (SSSR count). The van der Waals surface area contributed by atoms with E-state index in [1.165, 1.54) is 19.1 Å². The summed E-state index contributed by atoms with van der Waals surface area (Å²) in [6, 6.07) is 6.99. The van der Waals surface area contributed by atoms with Gasteiger partial charge in [-0.2, -0.15) is 0 Å². The number of cyclic esters (lactones) is 1. The SMILES string of the molecule is C=CCn1ccc2cc(OC3CCC(C=C(C)C4OC(=O)C5CCCCN5C(=O)C(=O)C5(O)OC(C(OC)CC(C)C/C(C)=C/C(CC)C(=O)CC(O)C4C)C(OC)CC5C)CC3OC)ccc21. The molecular formula is C54H78N2O12. The molecule has 1 amide bonds. The second-order valence-electron chi connectivity index (χ2n) is 20.2. The number of benzene rings is 1. The number of methoxy groups -OCH3 is 3. The van der Waals surface area contributed by atoms with Gasteiger partial charge in [-0.1, -0.05) is 51.5 Å². The van der Waals surface area contributed by atoms with Gasteiger partial charge in [-0.05, 0) is 120 Å². The molecule has 2 N–H and O–H groups in total. The van der Waals surface area contributed by atoms with Crippen LogP contribution in [0.5, 0.6) is 5.75 Å². The number of carbonyl (C=O) groups is 4. The molecule has 4 heterocycles. The van der Waals surface area contributed by atoms with Crippen LogP contribution in [0.1, 0.15) is 112 Å². The highest BCUT2D eigenvalue weighted by Gasteiger charge is 2.56. The second-order valence-corrected chi connectivity index (χ2v) is 20.2. The Labute approximate surface area is 403 Å². The summed E-state index contributed by atoms with van der Waals surface area (Å²) in [6.45, 7) is 15.9. The highest BCUT2D eigenvalue weighted by molar-refractivity contribution is 6.39. The summed E-state index contributed by atoms with van der Waals surface area (Å²) in [5.74, 6) is -6.76. The molecule has 14 nitrogen and oxygen atoms in total. The first-order chi connectivity index (χ1) is 32.5. The summed E-state index contributed by atoms with van der Waals surface area (Å²) in [5, 5.41) is 25.1. The van der Waals surface area contributed by atoms with Crippen molar-refractivity contribution in [3.8, 4) is 5.75 Å². The van der Waals surface area contributed by atoms with Crippen LogP contribution in [-0.2, 0) is 49.4 Å². The van der Waals surface area contributed by atoms with Crippen molar-refractivity contribution in [2.45, 2.75) is 173 Å². The number of aromatic nitrogens is 1. The van der Waals surface area contributed by atoms with Gasteiger partial charge in [0.1, 0.15) is 35.9 Å². The molecule has 1 aliphatic carbocycles. The molecule has 3 fully saturated rings. The third-order valence-electron chi connectivity index (χ3n) is 15.2. The van der Waals surface area contributed by atoms with Crippen molar-refractivity contribution in [1.82, 2.24) is 9.47 Å². The number of ketones is 2. The van der Waals surface area contributed by atoms with Gasteiger partial charge in [-0.25, -0.2) is 4.79 Å². The minimum atomic E-state index is -2.51. The average molecular weight is 947 g/mol. The Bertz CT molecular complexity index is 2150. The van der Waals surface area contributed by atoms with Crippen molar-refractivity contribution < 1.29 is 57.8 Å². The van der Waals surface area contributed by atoms with Crippen molar-refractivity contribution in [2.75, 3.05) is 27.9 Å². The zero-order valence-electron chi connectivity index (χ0n) is 41.9. The fraction of sp³-hybridized carbons (Fsp3) is 0.667. The number of allylic oxidation sites excluding steroid dienone is 4. The first-order valence-electron chi connectivity index (χ1n) is 24.9. The van der Waals surface area contributed by atoms with Crippen LogP contribution < -0.4 is 4.74 Å². The second kappa shape index (κ2) is 23.6. The van der Waals surface area contributed by atoms with E-state index in [-0.39, 0.29) is 55.6 Å². The molecule has 0 spiro atoms. The molecule has 14 atom stereocenters. The number of carbonyl (C=O) groups excluding carboxylic acids is 4. The molecule has 14 heteroatoms. The molecule has 3 aliphatic heterocycles. The van der Waals surface area contributed by atoms with E-state index < -0.39 is 77.8 Å². The van der Waals surface area contributed by atoms with Crippen molar-refractivity contribution in [3.05, 3.63) is 66.4 Å². The number of piperidine rings is 1. The topological polar surface area (TPSA) is 172 Å². The Morgan fingerprint density at radius 3 is 2.34 bits per heavy atom. The lowest BCUT2D eigenvalue weighted by atomic mass is 9.81.